The van der Waals surface area contributed by atoms with Gasteiger partial charge in [0.1, 0.15) is 6.04 Å². The standard InChI is InChI=1S/C19H36F3N5.HI/c1-16-7-6-10-25(15-16)9-5-4-8-24-18(23-3)27-13-11-26(12-14-27)17(2)19(20,21)22;/h16-17H,4-15H2,1-3H3,(H,23,24);1H. The molecule has 0 aromatic carbocycles. The van der Waals surface area contributed by atoms with Crippen LogP contribution in [0.25, 0.3) is 0 Å². The van der Waals surface area contributed by atoms with Crippen molar-refractivity contribution < 1.29 is 13.2 Å². The largest absolute Gasteiger partial charge is 0.403 e. The van der Waals surface area contributed by atoms with Gasteiger partial charge in [0.25, 0.3) is 0 Å². The second kappa shape index (κ2) is 12.4. The molecule has 2 unspecified atom stereocenters. The Bertz CT molecular complexity index is 467. The van der Waals surface area contributed by atoms with E-state index in [1.54, 1.807) is 7.05 Å². The predicted molar refractivity (Wildman–Crippen MR) is 120 cm³/mol. The van der Waals surface area contributed by atoms with E-state index in [1.165, 1.54) is 37.8 Å². The van der Waals surface area contributed by atoms with Crippen LogP contribution in [-0.2, 0) is 0 Å². The number of alkyl halides is 3. The number of piperidine rings is 1. The molecule has 2 fully saturated rings. The fourth-order valence-electron chi connectivity index (χ4n) is 4.01. The summed E-state index contributed by atoms with van der Waals surface area (Å²) in [6.45, 7) is 9.99. The zero-order chi connectivity index (χ0) is 19.9. The monoisotopic (exact) mass is 519 g/mol. The van der Waals surface area contributed by atoms with Crippen LogP contribution in [0.3, 0.4) is 0 Å². The maximum absolute atomic E-state index is 12.9. The van der Waals surface area contributed by atoms with Crippen molar-refractivity contribution in [3.8, 4) is 0 Å². The number of guanidine groups is 1. The van der Waals surface area contributed by atoms with Gasteiger partial charge in [-0.25, -0.2) is 0 Å². The smallest absolute Gasteiger partial charge is 0.356 e. The molecule has 166 valence electrons. The minimum atomic E-state index is -4.16. The van der Waals surface area contributed by atoms with Crippen molar-refractivity contribution >= 4 is 29.9 Å². The molecule has 0 amide bonds. The fourth-order valence-corrected chi connectivity index (χ4v) is 4.01. The lowest BCUT2D eigenvalue weighted by atomic mass is 10.0. The van der Waals surface area contributed by atoms with Gasteiger partial charge in [-0.3, -0.25) is 9.89 Å². The van der Waals surface area contributed by atoms with Gasteiger partial charge >= 0.3 is 6.18 Å². The van der Waals surface area contributed by atoms with Gasteiger partial charge in [0.2, 0.25) is 0 Å². The minimum Gasteiger partial charge on any atom is -0.356 e. The molecule has 0 bridgehead atoms. The summed E-state index contributed by atoms with van der Waals surface area (Å²) in [6, 6.07) is -1.38. The first kappa shape index (κ1) is 25.7. The molecule has 28 heavy (non-hydrogen) atoms. The number of likely N-dealkylation sites (tertiary alicyclic amines) is 1. The Balaban J connectivity index is 0.00000392. The number of aliphatic imine (C=N–C) groups is 1. The van der Waals surface area contributed by atoms with Crippen LogP contribution in [-0.4, -0.2) is 92.3 Å². The molecular weight excluding hydrogens is 482 g/mol. The van der Waals surface area contributed by atoms with Crippen molar-refractivity contribution in [3.63, 3.8) is 0 Å². The maximum Gasteiger partial charge on any atom is 0.403 e. The van der Waals surface area contributed by atoms with Crippen LogP contribution in [0.15, 0.2) is 4.99 Å². The summed E-state index contributed by atoms with van der Waals surface area (Å²) in [4.78, 5) is 10.4. The Morgan fingerprint density at radius 2 is 1.82 bits per heavy atom. The lowest BCUT2D eigenvalue weighted by Crippen LogP contribution is -2.56. The molecule has 0 spiro atoms. The van der Waals surface area contributed by atoms with Crippen molar-refractivity contribution in [1.29, 1.82) is 0 Å². The summed E-state index contributed by atoms with van der Waals surface area (Å²) in [7, 11) is 1.74. The average molecular weight is 519 g/mol. The number of nitrogens with one attached hydrogen (secondary N) is 1. The summed E-state index contributed by atoms with van der Waals surface area (Å²) in [5.41, 5.74) is 0. The van der Waals surface area contributed by atoms with Crippen molar-refractivity contribution in [2.45, 2.75) is 51.7 Å². The third kappa shape index (κ3) is 8.22. The molecule has 2 saturated heterocycles. The van der Waals surface area contributed by atoms with E-state index in [4.69, 9.17) is 0 Å². The number of rotatable bonds is 6. The second-order valence-corrected chi connectivity index (χ2v) is 7.97. The summed E-state index contributed by atoms with van der Waals surface area (Å²) in [5.74, 6) is 1.62. The summed E-state index contributed by atoms with van der Waals surface area (Å²) >= 11 is 0. The lowest BCUT2D eigenvalue weighted by molar-refractivity contribution is -0.181. The third-order valence-corrected chi connectivity index (χ3v) is 5.77. The Labute approximate surface area is 185 Å². The first-order valence-electron chi connectivity index (χ1n) is 10.3. The fraction of sp³-hybridized carbons (Fsp3) is 0.947. The Morgan fingerprint density at radius 1 is 1.14 bits per heavy atom. The molecule has 2 rings (SSSR count). The van der Waals surface area contributed by atoms with Gasteiger partial charge in [0.15, 0.2) is 5.96 Å². The first-order valence-corrected chi connectivity index (χ1v) is 10.3. The van der Waals surface area contributed by atoms with Crippen molar-refractivity contribution in [1.82, 2.24) is 20.0 Å². The quantitative estimate of drug-likeness (QED) is 0.253. The first-order chi connectivity index (χ1) is 12.8. The average Bonchev–Trinajstić information content (AvgIpc) is 2.63. The number of piperazine rings is 1. The van der Waals surface area contributed by atoms with Gasteiger partial charge < -0.3 is 15.1 Å². The molecule has 0 radical (unpaired) electrons. The van der Waals surface area contributed by atoms with Crippen molar-refractivity contribution in [2.24, 2.45) is 10.9 Å². The van der Waals surface area contributed by atoms with Gasteiger partial charge in [-0.1, -0.05) is 6.92 Å². The molecule has 5 nitrogen and oxygen atoms in total. The molecule has 2 aliphatic heterocycles. The van der Waals surface area contributed by atoms with Gasteiger partial charge in [-0.15, -0.1) is 24.0 Å². The van der Waals surface area contributed by atoms with Crippen LogP contribution >= 0.6 is 24.0 Å². The van der Waals surface area contributed by atoms with Gasteiger partial charge in [-0.05, 0) is 51.6 Å². The number of unbranched alkanes of at least 4 members (excludes halogenated alkanes) is 1. The number of nitrogens with zero attached hydrogens (tertiary/aromatic N) is 4. The normalized spacial score (nSPS) is 24.0. The topological polar surface area (TPSA) is 34.1 Å². The van der Waals surface area contributed by atoms with E-state index in [-0.39, 0.29) is 24.0 Å². The Morgan fingerprint density at radius 3 is 2.39 bits per heavy atom. The lowest BCUT2D eigenvalue weighted by Gasteiger charge is -2.39. The molecule has 2 atom stereocenters. The molecule has 9 heteroatoms. The van der Waals surface area contributed by atoms with Crippen LogP contribution in [0.2, 0.25) is 0 Å². The number of hydrogen-bond acceptors (Lipinski definition) is 3. The van der Waals surface area contributed by atoms with Crippen LogP contribution in [0.5, 0.6) is 0 Å². The van der Waals surface area contributed by atoms with Gasteiger partial charge in [0.05, 0.1) is 0 Å². The molecule has 2 aliphatic rings. The highest BCUT2D eigenvalue weighted by atomic mass is 127. The summed E-state index contributed by atoms with van der Waals surface area (Å²) in [6.07, 6.45) is 0.741. The van der Waals surface area contributed by atoms with Gasteiger partial charge in [-0.2, -0.15) is 13.2 Å². The highest BCUT2D eigenvalue weighted by Gasteiger charge is 2.41. The number of hydrogen-bond donors (Lipinski definition) is 1. The Hall–Kier alpha value is -0.290. The van der Waals surface area contributed by atoms with Crippen LogP contribution < -0.4 is 5.32 Å². The Kier molecular flexibility index (Phi) is 11.4. The zero-order valence-electron chi connectivity index (χ0n) is 17.5. The van der Waals surface area contributed by atoms with Crippen molar-refractivity contribution in [2.75, 3.05) is 59.4 Å². The molecule has 0 saturated carbocycles. The van der Waals surface area contributed by atoms with Crippen LogP contribution in [0.4, 0.5) is 13.2 Å². The highest BCUT2D eigenvalue weighted by molar-refractivity contribution is 14.0. The van der Waals surface area contributed by atoms with E-state index >= 15 is 0 Å². The summed E-state index contributed by atoms with van der Waals surface area (Å²) < 4.78 is 38.6. The van der Waals surface area contributed by atoms with Crippen LogP contribution in [0, 0.1) is 5.92 Å². The molecular formula is C19H37F3IN5. The van der Waals surface area contributed by atoms with E-state index < -0.39 is 12.2 Å². The zero-order valence-corrected chi connectivity index (χ0v) is 19.8. The summed E-state index contributed by atoms with van der Waals surface area (Å²) in [5, 5.41) is 3.38. The maximum atomic E-state index is 12.9. The van der Waals surface area contributed by atoms with E-state index in [9.17, 15) is 13.2 Å². The predicted octanol–water partition coefficient (Wildman–Crippen LogP) is 3.26. The third-order valence-electron chi connectivity index (χ3n) is 5.77. The van der Waals surface area contributed by atoms with E-state index in [0.717, 1.165) is 37.8 Å². The minimum absolute atomic E-state index is 0. The van der Waals surface area contributed by atoms with E-state index in [2.05, 4.69) is 27.0 Å². The van der Waals surface area contributed by atoms with E-state index in [0.29, 0.717) is 26.2 Å². The number of halogens is 4. The second-order valence-electron chi connectivity index (χ2n) is 7.97. The molecule has 2 heterocycles. The van der Waals surface area contributed by atoms with Crippen LogP contribution in [0.1, 0.15) is 39.5 Å². The van der Waals surface area contributed by atoms with Crippen molar-refractivity contribution in [3.05, 3.63) is 0 Å². The SMILES string of the molecule is CN=C(NCCCCN1CCCC(C)C1)N1CCN(C(C)C(F)(F)F)CC1.I. The molecule has 0 aromatic rings. The highest BCUT2D eigenvalue weighted by Crippen LogP contribution is 2.25. The molecule has 1 N–H and O–H groups in total. The molecule has 0 aliphatic carbocycles. The molecule has 0 aromatic heterocycles. The van der Waals surface area contributed by atoms with Gasteiger partial charge in [0, 0.05) is 46.3 Å². The van der Waals surface area contributed by atoms with E-state index in [1.807, 2.05) is 0 Å².